The topological polar surface area (TPSA) is 48.5 Å². The summed E-state index contributed by atoms with van der Waals surface area (Å²) in [4.78, 5) is 22.4. The first kappa shape index (κ1) is 18.9. The lowest BCUT2D eigenvalue weighted by molar-refractivity contribution is 0.0733. The number of rotatable bonds is 5. The number of aromatic nitrogens is 1. The van der Waals surface area contributed by atoms with Gasteiger partial charge in [0.05, 0.1) is 6.04 Å². The number of carbonyl (C=O) groups excluding carboxylic acids is 1. The molecule has 2 aliphatic rings. The molecule has 5 nitrogen and oxygen atoms in total. The fraction of sp³-hybridized carbons (Fsp3) is 0.478. The lowest BCUT2D eigenvalue weighted by Crippen LogP contribution is -2.33. The number of pyridine rings is 1. The maximum Gasteiger partial charge on any atom is 0.254 e. The van der Waals surface area contributed by atoms with E-state index in [1.807, 2.05) is 31.4 Å². The summed E-state index contributed by atoms with van der Waals surface area (Å²) >= 11 is 0. The van der Waals surface area contributed by atoms with Gasteiger partial charge in [-0.05, 0) is 68.1 Å². The number of nitrogens with one attached hydrogen (secondary N) is 1. The van der Waals surface area contributed by atoms with Crippen LogP contribution < -0.4 is 5.32 Å². The van der Waals surface area contributed by atoms with Crippen LogP contribution in [0.15, 0.2) is 42.6 Å². The van der Waals surface area contributed by atoms with Gasteiger partial charge in [0.1, 0.15) is 5.82 Å². The number of carbonyl (C=O) groups is 1. The van der Waals surface area contributed by atoms with Gasteiger partial charge >= 0.3 is 0 Å². The van der Waals surface area contributed by atoms with Crippen LogP contribution in [0.1, 0.15) is 59.6 Å². The lowest BCUT2D eigenvalue weighted by atomic mass is 10.0. The van der Waals surface area contributed by atoms with E-state index in [-0.39, 0.29) is 11.9 Å². The molecule has 1 amide bonds. The third kappa shape index (κ3) is 4.04. The zero-order chi connectivity index (χ0) is 19.3. The Kier molecular flexibility index (Phi) is 5.91. The van der Waals surface area contributed by atoms with Gasteiger partial charge in [0.25, 0.3) is 5.91 Å². The standard InChI is InChI=1S/C23H30N4O/c1-24-22-16-18(11-12-25-22)21-10-7-15-27(21)23(28)20-9-4-3-8-19(20)17-26-13-5-2-6-14-26/h3-4,8-9,11-12,16,21H,2,5-7,10,13-15,17H2,1H3,(H,24,25)/t21-/m0/s1. The van der Waals surface area contributed by atoms with Gasteiger partial charge in [-0.3, -0.25) is 9.69 Å². The molecule has 2 aromatic rings. The van der Waals surface area contributed by atoms with Crippen molar-refractivity contribution in [3.8, 4) is 0 Å². The molecule has 3 heterocycles. The Morgan fingerprint density at radius 3 is 2.75 bits per heavy atom. The van der Waals surface area contributed by atoms with Crippen molar-refractivity contribution in [3.63, 3.8) is 0 Å². The van der Waals surface area contributed by atoms with Crippen LogP contribution in [0.3, 0.4) is 0 Å². The Hall–Kier alpha value is -2.40. The number of nitrogens with zero attached hydrogens (tertiary/aromatic N) is 3. The molecule has 1 atom stereocenters. The predicted octanol–water partition coefficient (Wildman–Crippen LogP) is 4.09. The monoisotopic (exact) mass is 378 g/mol. The molecular formula is C23H30N4O. The minimum Gasteiger partial charge on any atom is -0.373 e. The van der Waals surface area contributed by atoms with Crippen LogP contribution in [-0.4, -0.2) is 47.4 Å². The number of anilines is 1. The quantitative estimate of drug-likeness (QED) is 0.851. The van der Waals surface area contributed by atoms with Crippen LogP contribution in [0.4, 0.5) is 5.82 Å². The van der Waals surface area contributed by atoms with Gasteiger partial charge in [-0.15, -0.1) is 0 Å². The summed E-state index contributed by atoms with van der Waals surface area (Å²) < 4.78 is 0. The summed E-state index contributed by atoms with van der Waals surface area (Å²) in [5.41, 5.74) is 3.19. The van der Waals surface area contributed by atoms with E-state index in [0.29, 0.717) is 0 Å². The van der Waals surface area contributed by atoms with Crippen LogP contribution in [0.2, 0.25) is 0 Å². The van der Waals surface area contributed by atoms with Crippen LogP contribution in [0.25, 0.3) is 0 Å². The molecule has 1 N–H and O–H groups in total. The summed E-state index contributed by atoms with van der Waals surface area (Å²) in [5, 5.41) is 3.10. The molecule has 0 saturated carbocycles. The normalized spacial score (nSPS) is 20.3. The second kappa shape index (κ2) is 8.74. The van der Waals surface area contributed by atoms with Gasteiger partial charge in [-0.1, -0.05) is 24.6 Å². The Bertz CT molecular complexity index is 816. The van der Waals surface area contributed by atoms with Gasteiger partial charge in [-0.25, -0.2) is 4.98 Å². The average Bonchev–Trinajstić information content (AvgIpc) is 3.24. The van der Waals surface area contributed by atoms with Crippen molar-refractivity contribution in [1.29, 1.82) is 0 Å². The first-order valence-electron chi connectivity index (χ1n) is 10.5. The highest BCUT2D eigenvalue weighted by molar-refractivity contribution is 5.96. The van der Waals surface area contributed by atoms with Crippen molar-refractivity contribution in [2.45, 2.75) is 44.7 Å². The predicted molar refractivity (Wildman–Crippen MR) is 112 cm³/mol. The van der Waals surface area contributed by atoms with Gasteiger partial charge in [0, 0.05) is 31.9 Å². The highest BCUT2D eigenvalue weighted by Gasteiger charge is 2.32. The second-order valence-electron chi connectivity index (χ2n) is 7.87. The van der Waals surface area contributed by atoms with Crippen molar-refractivity contribution >= 4 is 11.7 Å². The lowest BCUT2D eigenvalue weighted by Gasteiger charge is -2.29. The fourth-order valence-corrected chi connectivity index (χ4v) is 4.53. The second-order valence-corrected chi connectivity index (χ2v) is 7.87. The maximum atomic E-state index is 13.5. The van der Waals surface area contributed by atoms with Crippen LogP contribution in [0.5, 0.6) is 0 Å². The first-order valence-corrected chi connectivity index (χ1v) is 10.5. The average molecular weight is 379 g/mol. The van der Waals surface area contributed by atoms with Gasteiger partial charge in [-0.2, -0.15) is 0 Å². The maximum absolute atomic E-state index is 13.5. The largest absolute Gasteiger partial charge is 0.373 e. The van der Waals surface area contributed by atoms with E-state index in [4.69, 9.17) is 0 Å². The first-order chi connectivity index (χ1) is 13.8. The number of hydrogen-bond acceptors (Lipinski definition) is 4. The zero-order valence-corrected chi connectivity index (χ0v) is 16.7. The van der Waals surface area contributed by atoms with E-state index in [1.165, 1.54) is 24.8 Å². The number of piperidine rings is 1. The summed E-state index contributed by atoms with van der Waals surface area (Å²) in [6, 6.07) is 12.4. The van der Waals surface area contributed by atoms with E-state index in [1.54, 1.807) is 0 Å². The van der Waals surface area contributed by atoms with Crippen LogP contribution in [-0.2, 0) is 6.54 Å². The van der Waals surface area contributed by atoms with Crippen molar-refractivity contribution in [3.05, 3.63) is 59.3 Å². The molecule has 2 fully saturated rings. The molecular weight excluding hydrogens is 348 g/mol. The Labute approximate surface area is 167 Å². The fourth-order valence-electron chi connectivity index (χ4n) is 4.53. The summed E-state index contributed by atoms with van der Waals surface area (Å²) in [5.74, 6) is 1.01. The third-order valence-electron chi connectivity index (χ3n) is 6.03. The number of likely N-dealkylation sites (tertiary alicyclic amines) is 2. The third-order valence-corrected chi connectivity index (χ3v) is 6.03. The SMILES string of the molecule is CNc1cc([C@@H]2CCCN2C(=O)c2ccccc2CN2CCCCC2)ccn1. The minimum atomic E-state index is 0.130. The highest BCUT2D eigenvalue weighted by atomic mass is 16.2. The van der Waals surface area contributed by atoms with Crippen molar-refractivity contribution in [1.82, 2.24) is 14.8 Å². The summed E-state index contributed by atoms with van der Waals surface area (Å²) in [7, 11) is 1.88. The molecule has 28 heavy (non-hydrogen) atoms. The number of benzene rings is 1. The molecule has 148 valence electrons. The van der Waals surface area contributed by atoms with Gasteiger partial charge < -0.3 is 10.2 Å². The highest BCUT2D eigenvalue weighted by Crippen LogP contribution is 2.34. The minimum absolute atomic E-state index is 0.130. The molecule has 0 spiro atoms. The number of hydrogen-bond donors (Lipinski definition) is 1. The smallest absolute Gasteiger partial charge is 0.254 e. The Morgan fingerprint density at radius 2 is 1.93 bits per heavy atom. The molecule has 2 saturated heterocycles. The van der Waals surface area contributed by atoms with E-state index >= 15 is 0 Å². The molecule has 1 aromatic heterocycles. The summed E-state index contributed by atoms with van der Waals surface area (Å²) in [6.07, 6.45) is 7.73. The molecule has 4 rings (SSSR count). The summed E-state index contributed by atoms with van der Waals surface area (Å²) in [6.45, 7) is 3.97. The molecule has 0 radical (unpaired) electrons. The van der Waals surface area contributed by atoms with E-state index in [0.717, 1.165) is 56.0 Å². The van der Waals surface area contributed by atoms with Gasteiger partial charge in [0.2, 0.25) is 0 Å². The van der Waals surface area contributed by atoms with E-state index in [2.05, 4.69) is 38.3 Å². The Morgan fingerprint density at radius 1 is 1.11 bits per heavy atom. The number of amides is 1. The van der Waals surface area contributed by atoms with Crippen molar-refractivity contribution in [2.75, 3.05) is 32.0 Å². The molecule has 5 heteroatoms. The van der Waals surface area contributed by atoms with Gasteiger partial charge in [0.15, 0.2) is 0 Å². The molecule has 2 aliphatic heterocycles. The molecule has 0 unspecified atom stereocenters. The molecule has 0 bridgehead atoms. The van der Waals surface area contributed by atoms with Crippen LogP contribution in [0, 0.1) is 0 Å². The molecule has 1 aromatic carbocycles. The van der Waals surface area contributed by atoms with E-state index in [9.17, 15) is 4.79 Å². The van der Waals surface area contributed by atoms with Crippen molar-refractivity contribution in [2.24, 2.45) is 0 Å². The molecule has 0 aliphatic carbocycles. The van der Waals surface area contributed by atoms with E-state index < -0.39 is 0 Å². The zero-order valence-electron chi connectivity index (χ0n) is 16.7. The Balaban J connectivity index is 1.56. The van der Waals surface area contributed by atoms with Crippen molar-refractivity contribution < 1.29 is 4.79 Å². The van der Waals surface area contributed by atoms with Crippen LogP contribution >= 0.6 is 0 Å².